The van der Waals surface area contributed by atoms with E-state index in [1.54, 1.807) is 12.1 Å². The summed E-state index contributed by atoms with van der Waals surface area (Å²) in [6.45, 7) is 6.38. The maximum atomic E-state index is 12.4. The van der Waals surface area contributed by atoms with E-state index in [9.17, 15) is 9.90 Å². The van der Waals surface area contributed by atoms with Gasteiger partial charge in [-0.1, -0.05) is 23.7 Å². The van der Waals surface area contributed by atoms with Crippen LogP contribution in [-0.4, -0.2) is 53.5 Å². The van der Waals surface area contributed by atoms with Crippen molar-refractivity contribution in [1.29, 1.82) is 0 Å². The number of piperidine rings is 1. The lowest BCUT2D eigenvalue weighted by molar-refractivity contribution is -0.137. The van der Waals surface area contributed by atoms with E-state index in [2.05, 4.69) is 4.90 Å². The third-order valence-electron chi connectivity index (χ3n) is 4.74. The number of aliphatic hydroxyl groups excluding tert-OH is 1. The minimum atomic E-state index is -0.516. The van der Waals surface area contributed by atoms with E-state index < -0.39 is 6.10 Å². The standard InChI is InChI=1S/C18H27ClN2O2/c1-13(2)20(3)18(23)15-8-10-21(11-9-15)12-17(22)14-4-6-16(19)7-5-14/h4-7,13,15,17,22H,8-12H2,1-3H3. The highest BCUT2D eigenvalue weighted by atomic mass is 35.5. The van der Waals surface area contributed by atoms with Crippen molar-refractivity contribution in [2.75, 3.05) is 26.7 Å². The van der Waals surface area contributed by atoms with Gasteiger partial charge in [-0.3, -0.25) is 4.79 Å². The number of nitrogens with zero attached hydrogens (tertiary/aromatic N) is 2. The number of likely N-dealkylation sites (tertiary alicyclic amines) is 1. The van der Waals surface area contributed by atoms with Crippen molar-refractivity contribution >= 4 is 17.5 Å². The van der Waals surface area contributed by atoms with Crippen LogP contribution in [0.2, 0.25) is 5.02 Å². The summed E-state index contributed by atoms with van der Waals surface area (Å²) in [6, 6.07) is 7.56. The van der Waals surface area contributed by atoms with Gasteiger partial charge in [-0.2, -0.15) is 0 Å². The molecular weight excluding hydrogens is 312 g/mol. The topological polar surface area (TPSA) is 43.8 Å². The monoisotopic (exact) mass is 338 g/mol. The molecule has 1 heterocycles. The highest BCUT2D eigenvalue weighted by molar-refractivity contribution is 6.30. The molecule has 1 fully saturated rings. The van der Waals surface area contributed by atoms with Crippen molar-refractivity contribution in [3.05, 3.63) is 34.9 Å². The maximum Gasteiger partial charge on any atom is 0.225 e. The average molecular weight is 339 g/mol. The minimum Gasteiger partial charge on any atom is -0.387 e. The molecule has 0 saturated carbocycles. The predicted molar refractivity (Wildman–Crippen MR) is 93.5 cm³/mol. The van der Waals surface area contributed by atoms with Crippen LogP contribution in [0.4, 0.5) is 0 Å². The Hall–Kier alpha value is -1.10. The zero-order chi connectivity index (χ0) is 17.0. The quantitative estimate of drug-likeness (QED) is 0.897. The molecule has 1 amide bonds. The number of amides is 1. The Labute approximate surface area is 144 Å². The van der Waals surface area contributed by atoms with E-state index in [0.29, 0.717) is 11.6 Å². The molecular formula is C18H27ClN2O2. The lowest BCUT2D eigenvalue weighted by Gasteiger charge is -2.35. The van der Waals surface area contributed by atoms with Crippen molar-refractivity contribution < 1.29 is 9.90 Å². The van der Waals surface area contributed by atoms with Crippen molar-refractivity contribution in [3.8, 4) is 0 Å². The van der Waals surface area contributed by atoms with Gasteiger partial charge in [-0.25, -0.2) is 0 Å². The van der Waals surface area contributed by atoms with E-state index >= 15 is 0 Å². The zero-order valence-corrected chi connectivity index (χ0v) is 15.0. The van der Waals surface area contributed by atoms with Gasteiger partial charge < -0.3 is 14.9 Å². The smallest absolute Gasteiger partial charge is 0.225 e. The molecule has 0 radical (unpaired) electrons. The second-order valence-corrected chi connectivity index (χ2v) is 7.12. The van der Waals surface area contributed by atoms with E-state index in [1.807, 2.05) is 37.9 Å². The summed E-state index contributed by atoms with van der Waals surface area (Å²) in [4.78, 5) is 16.4. The number of benzene rings is 1. The van der Waals surface area contributed by atoms with Gasteiger partial charge >= 0.3 is 0 Å². The fraction of sp³-hybridized carbons (Fsp3) is 0.611. The number of hydrogen-bond donors (Lipinski definition) is 1. The molecule has 0 aromatic heterocycles. The Balaban J connectivity index is 1.82. The van der Waals surface area contributed by atoms with E-state index in [0.717, 1.165) is 31.5 Å². The van der Waals surface area contributed by atoms with Gasteiger partial charge in [0.2, 0.25) is 5.91 Å². The molecule has 0 spiro atoms. The second-order valence-electron chi connectivity index (χ2n) is 6.69. The third kappa shape index (κ3) is 4.93. The average Bonchev–Trinajstić information content (AvgIpc) is 2.54. The minimum absolute atomic E-state index is 0.117. The highest BCUT2D eigenvalue weighted by Crippen LogP contribution is 2.23. The summed E-state index contributed by atoms with van der Waals surface area (Å²) in [7, 11) is 1.88. The first kappa shape index (κ1) is 18.2. The van der Waals surface area contributed by atoms with Crippen LogP contribution in [0.3, 0.4) is 0 Å². The highest BCUT2D eigenvalue weighted by Gasteiger charge is 2.28. The lowest BCUT2D eigenvalue weighted by Crippen LogP contribution is -2.44. The molecule has 1 aliphatic heterocycles. The van der Waals surface area contributed by atoms with Gasteiger partial charge in [0.25, 0.3) is 0 Å². The number of halogens is 1. The van der Waals surface area contributed by atoms with Crippen molar-refractivity contribution in [2.24, 2.45) is 5.92 Å². The van der Waals surface area contributed by atoms with Crippen LogP contribution in [0, 0.1) is 5.92 Å². The molecule has 1 unspecified atom stereocenters. The van der Waals surface area contributed by atoms with Crippen molar-refractivity contribution in [3.63, 3.8) is 0 Å². The first-order chi connectivity index (χ1) is 10.9. The molecule has 128 valence electrons. The molecule has 1 N–H and O–H groups in total. The summed E-state index contributed by atoms with van der Waals surface area (Å²) in [6.07, 6.45) is 1.21. The normalized spacial score (nSPS) is 18.2. The van der Waals surface area contributed by atoms with Gasteiger partial charge in [0.1, 0.15) is 0 Å². The Morgan fingerprint density at radius 1 is 1.30 bits per heavy atom. The first-order valence-electron chi connectivity index (χ1n) is 8.31. The second kappa shape index (κ2) is 8.13. The van der Waals surface area contributed by atoms with Crippen LogP contribution in [-0.2, 0) is 4.79 Å². The SMILES string of the molecule is CC(C)N(C)C(=O)C1CCN(CC(O)c2ccc(Cl)cc2)CC1. The molecule has 23 heavy (non-hydrogen) atoms. The first-order valence-corrected chi connectivity index (χ1v) is 8.69. The van der Waals surface area contributed by atoms with Crippen LogP contribution < -0.4 is 0 Å². The Kier molecular flexibility index (Phi) is 6.45. The fourth-order valence-corrected chi connectivity index (χ4v) is 3.07. The van der Waals surface area contributed by atoms with Crippen LogP contribution in [0.5, 0.6) is 0 Å². The van der Waals surface area contributed by atoms with Crippen LogP contribution >= 0.6 is 11.6 Å². The maximum absolute atomic E-state index is 12.4. The van der Waals surface area contributed by atoms with Gasteiger partial charge in [0, 0.05) is 30.6 Å². The number of β-amino-alcohol motifs (C(OH)–C–C–N with tert-alkyl or cyclic N) is 1. The molecule has 0 bridgehead atoms. The summed E-state index contributed by atoms with van der Waals surface area (Å²) in [5.41, 5.74) is 0.882. The van der Waals surface area contributed by atoms with Crippen LogP contribution in [0.1, 0.15) is 38.4 Å². The summed E-state index contributed by atoms with van der Waals surface area (Å²) in [5.74, 6) is 0.365. The molecule has 2 rings (SSSR count). The fourth-order valence-electron chi connectivity index (χ4n) is 2.94. The van der Waals surface area contributed by atoms with Crippen LogP contribution in [0.25, 0.3) is 0 Å². The van der Waals surface area contributed by atoms with Crippen molar-refractivity contribution in [2.45, 2.75) is 38.8 Å². The third-order valence-corrected chi connectivity index (χ3v) is 5.00. The molecule has 4 nitrogen and oxygen atoms in total. The Bertz CT molecular complexity index is 510. The molecule has 5 heteroatoms. The van der Waals surface area contributed by atoms with E-state index in [-0.39, 0.29) is 17.9 Å². The van der Waals surface area contributed by atoms with Gasteiger partial charge in [0.15, 0.2) is 0 Å². The Morgan fingerprint density at radius 3 is 2.39 bits per heavy atom. The zero-order valence-electron chi connectivity index (χ0n) is 14.2. The molecule has 1 atom stereocenters. The van der Waals surface area contributed by atoms with Gasteiger partial charge in [-0.05, 0) is 57.5 Å². The number of hydrogen-bond acceptors (Lipinski definition) is 3. The molecule has 1 aliphatic rings. The number of carbonyl (C=O) groups excluding carboxylic acids is 1. The lowest BCUT2D eigenvalue weighted by atomic mass is 9.94. The summed E-state index contributed by atoms with van der Waals surface area (Å²) >= 11 is 5.87. The molecule has 1 aromatic carbocycles. The molecule has 0 aliphatic carbocycles. The van der Waals surface area contributed by atoms with E-state index in [1.165, 1.54) is 0 Å². The number of rotatable bonds is 5. The Morgan fingerprint density at radius 2 is 1.87 bits per heavy atom. The molecule has 1 saturated heterocycles. The van der Waals surface area contributed by atoms with E-state index in [4.69, 9.17) is 11.6 Å². The van der Waals surface area contributed by atoms with Gasteiger partial charge in [-0.15, -0.1) is 0 Å². The number of aliphatic hydroxyl groups is 1. The van der Waals surface area contributed by atoms with Crippen molar-refractivity contribution in [1.82, 2.24) is 9.80 Å². The number of carbonyl (C=O) groups is 1. The summed E-state index contributed by atoms with van der Waals surface area (Å²) in [5, 5.41) is 11.0. The predicted octanol–water partition coefficient (Wildman–Crippen LogP) is 2.95. The molecule has 1 aromatic rings. The van der Waals surface area contributed by atoms with Gasteiger partial charge in [0.05, 0.1) is 6.10 Å². The largest absolute Gasteiger partial charge is 0.387 e. The summed E-state index contributed by atoms with van der Waals surface area (Å²) < 4.78 is 0. The van der Waals surface area contributed by atoms with Crippen LogP contribution in [0.15, 0.2) is 24.3 Å².